The minimum atomic E-state index is -0.815. The summed E-state index contributed by atoms with van der Waals surface area (Å²) in [6, 6.07) is 4.13. The summed E-state index contributed by atoms with van der Waals surface area (Å²) in [6.45, 7) is 1.63. The molecule has 1 aliphatic rings. The molecule has 28 heavy (non-hydrogen) atoms. The highest BCUT2D eigenvalue weighted by Gasteiger charge is 2.24. The fourth-order valence-electron chi connectivity index (χ4n) is 3.44. The lowest BCUT2D eigenvalue weighted by atomic mass is 9.97. The lowest BCUT2D eigenvalue weighted by Crippen LogP contribution is -2.34. The number of benzene rings is 1. The Labute approximate surface area is 170 Å². The van der Waals surface area contributed by atoms with Crippen LogP contribution in [0.15, 0.2) is 23.0 Å². The smallest absolute Gasteiger partial charge is 0.279 e. The molecule has 1 atom stereocenters. The standard InChI is InChI=1S/C19H19ClN4O3S/c1-10(17(25)21-11-7-8-14(27-2)13(20)9-11)24-19(26)16-12-5-3-4-6-15(12)28-18(16)22-23-24/h7-10H,3-6H2,1-2H3,(H,21,25)/t10-/m1/s1. The predicted octanol–water partition coefficient (Wildman–Crippen LogP) is 3.59. The van der Waals surface area contributed by atoms with E-state index in [9.17, 15) is 9.59 Å². The van der Waals surface area contributed by atoms with Crippen LogP contribution >= 0.6 is 22.9 Å². The van der Waals surface area contributed by atoms with Crippen molar-refractivity contribution in [1.82, 2.24) is 15.0 Å². The molecule has 2 heterocycles. The van der Waals surface area contributed by atoms with Crippen LogP contribution in [-0.2, 0) is 17.6 Å². The molecule has 1 N–H and O–H groups in total. The number of carbonyl (C=O) groups excluding carboxylic acids is 1. The van der Waals surface area contributed by atoms with Gasteiger partial charge in [-0.25, -0.2) is 0 Å². The predicted molar refractivity (Wildman–Crippen MR) is 110 cm³/mol. The number of hydrogen-bond acceptors (Lipinski definition) is 6. The van der Waals surface area contributed by atoms with E-state index in [-0.39, 0.29) is 11.5 Å². The van der Waals surface area contributed by atoms with E-state index in [4.69, 9.17) is 16.3 Å². The van der Waals surface area contributed by atoms with Gasteiger partial charge in [0, 0.05) is 10.6 Å². The van der Waals surface area contributed by atoms with E-state index in [1.807, 2.05) is 0 Å². The van der Waals surface area contributed by atoms with Gasteiger partial charge < -0.3 is 10.1 Å². The SMILES string of the molecule is COc1ccc(NC(=O)[C@@H](C)n2nnc3sc4c(c3c2=O)CCCC4)cc1Cl. The Bertz CT molecular complexity index is 1120. The summed E-state index contributed by atoms with van der Waals surface area (Å²) in [5.74, 6) is 0.142. The number of fused-ring (bicyclic) bond motifs is 3. The van der Waals surface area contributed by atoms with Gasteiger partial charge in [-0.2, -0.15) is 4.68 Å². The molecule has 4 rings (SSSR count). The molecule has 0 aliphatic heterocycles. The number of rotatable bonds is 4. The second-order valence-corrected chi connectivity index (χ2v) is 8.24. The summed E-state index contributed by atoms with van der Waals surface area (Å²) in [5.41, 5.74) is 1.33. The summed E-state index contributed by atoms with van der Waals surface area (Å²) in [5, 5.41) is 12.0. The first kappa shape index (κ1) is 18.9. The quantitative estimate of drug-likeness (QED) is 0.699. The van der Waals surface area contributed by atoms with Crippen molar-refractivity contribution in [2.24, 2.45) is 0 Å². The highest BCUT2D eigenvalue weighted by atomic mass is 35.5. The van der Waals surface area contributed by atoms with Crippen molar-refractivity contribution in [3.63, 3.8) is 0 Å². The molecule has 1 aliphatic carbocycles. The molecule has 1 aromatic carbocycles. The second-order valence-electron chi connectivity index (χ2n) is 6.74. The van der Waals surface area contributed by atoms with E-state index in [1.54, 1.807) is 25.1 Å². The molecule has 0 fully saturated rings. The summed E-state index contributed by atoms with van der Waals surface area (Å²) >= 11 is 7.64. The number of aromatic nitrogens is 3. The van der Waals surface area contributed by atoms with E-state index >= 15 is 0 Å². The molecular weight excluding hydrogens is 400 g/mol. The zero-order valence-corrected chi connectivity index (χ0v) is 17.1. The van der Waals surface area contributed by atoms with Crippen LogP contribution in [0, 0.1) is 0 Å². The second kappa shape index (κ2) is 7.52. The number of hydrogen-bond donors (Lipinski definition) is 1. The monoisotopic (exact) mass is 418 g/mol. The van der Waals surface area contributed by atoms with Crippen molar-refractivity contribution in [3.8, 4) is 5.75 Å². The highest BCUT2D eigenvalue weighted by molar-refractivity contribution is 7.18. The Morgan fingerprint density at radius 3 is 2.89 bits per heavy atom. The fourth-order valence-corrected chi connectivity index (χ4v) is 4.90. The molecule has 146 valence electrons. The van der Waals surface area contributed by atoms with E-state index in [0.29, 0.717) is 26.7 Å². The van der Waals surface area contributed by atoms with Crippen LogP contribution in [-0.4, -0.2) is 28.0 Å². The van der Waals surface area contributed by atoms with Gasteiger partial charge in [0.05, 0.1) is 17.5 Å². The number of aryl methyl sites for hydroxylation is 2. The molecule has 1 amide bonds. The number of nitrogens with one attached hydrogen (secondary N) is 1. The van der Waals surface area contributed by atoms with Gasteiger partial charge in [-0.3, -0.25) is 9.59 Å². The maximum Gasteiger partial charge on any atom is 0.279 e. The Kier molecular flexibility index (Phi) is 5.07. The van der Waals surface area contributed by atoms with E-state index in [2.05, 4.69) is 15.6 Å². The normalized spacial score (nSPS) is 14.5. The minimum absolute atomic E-state index is 0.264. The molecule has 0 radical (unpaired) electrons. The number of ether oxygens (including phenoxy) is 1. The Hall–Kier alpha value is -2.45. The molecule has 2 aromatic heterocycles. The summed E-state index contributed by atoms with van der Waals surface area (Å²) in [7, 11) is 1.52. The average Bonchev–Trinajstić information content (AvgIpc) is 3.07. The van der Waals surface area contributed by atoms with Crippen LogP contribution in [0.1, 0.15) is 36.2 Å². The van der Waals surface area contributed by atoms with Crippen molar-refractivity contribution in [2.45, 2.75) is 38.6 Å². The summed E-state index contributed by atoms with van der Waals surface area (Å²) in [4.78, 5) is 27.6. The third-order valence-electron chi connectivity index (χ3n) is 4.97. The lowest BCUT2D eigenvalue weighted by Gasteiger charge is -2.14. The van der Waals surface area contributed by atoms with Crippen LogP contribution in [0.3, 0.4) is 0 Å². The number of carbonyl (C=O) groups is 1. The summed E-state index contributed by atoms with van der Waals surface area (Å²) < 4.78 is 6.27. The molecule has 0 saturated carbocycles. The van der Waals surface area contributed by atoms with Gasteiger partial charge in [0.15, 0.2) is 4.83 Å². The van der Waals surface area contributed by atoms with Gasteiger partial charge in [-0.15, -0.1) is 16.4 Å². The Morgan fingerprint density at radius 1 is 1.36 bits per heavy atom. The van der Waals surface area contributed by atoms with E-state index in [1.165, 1.54) is 23.3 Å². The molecule has 0 bridgehead atoms. The highest BCUT2D eigenvalue weighted by Crippen LogP contribution is 2.33. The average molecular weight is 419 g/mol. The number of anilines is 1. The van der Waals surface area contributed by atoms with Gasteiger partial charge >= 0.3 is 0 Å². The fraction of sp³-hybridized carbons (Fsp3) is 0.368. The van der Waals surface area contributed by atoms with Gasteiger partial charge in [0.1, 0.15) is 11.8 Å². The molecule has 0 unspecified atom stereocenters. The molecule has 0 saturated heterocycles. The van der Waals surface area contributed by atoms with Gasteiger partial charge in [-0.05, 0) is 56.4 Å². The maximum atomic E-state index is 13.0. The van der Waals surface area contributed by atoms with E-state index in [0.717, 1.165) is 35.9 Å². The zero-order chi connectivity index (χ0) is 19.8. The third-order valence-corrected chi connectivity index (χ3v) is 6.44. The summed E-state index contributed by atoms with van der Waals surface area (Å²) in [6.07, 6.45) is 4.05. The minimum Gasteiger partial charge on any atom is -0.495 e. The van der Waals surface area contributed by atoms with Gasteiger partial charge in [0.2, 0.25) is 5.91 Å². The van der Waals surface area contributed by atoms with Crippen LogP contribution in [0.5, 0.6) is 5.75 Å². The lowest BCUT2D eigenvalue weighted by molar-refractivity contribution is -0.119. The van der Waals surface area contributed by atoms with Gasteiger partial charge in [0.25, 0.3) is 5.56 Å². The van der Waals surface area contributed by atoms with Crippen LogP contribution < -0.4 is 15.6 Å². The van der Waals surface area contributed by atoms with Crippen LogP contribution in [0.25, 0.3) is 10.2 Å². The first-order valence-electron chi connectivity index (χ1n) is 9.03. The Balaban J connectivity index is 1.64. The number of thiophene rings is 1. The Morgan fingerprint density at radius 2 is 2.14 bits per heavy atom. The van der Waals surface area contributed by atoms with E-state index < -0.39 is 6.04 Å². The molecular formula is C19H19ClN4O3S. The first-order chi connectivity index (χ1) is 13.5. The van der Waals surface area contributed by atoms with Crippen LogP contribution in [0.2, 0.25) is 5.02 Å². The van der Waals surface area contributed by atoms with Crippen molar-refractivity contribution in [2.75, 3.05) is 12.4 Å². The maximum absolute atomic E-state index is 13.0. The van der Waals surface area contributed by atoms with Crippen molar-refractivity contribution in [3.05, 3.63) is 44.0 Å². The van der Waals surface area contributed by atoms with Crippen molar-refractivity contribution < 1.29 is 9.53 Å². The molecule has 0 spiro atoms. The topological polar surface area (TPSA) is 86.1 Å². The number of halogens is 1. The van der Waals surface area contributed by atoms with Crippen molar-refractivity contribution in [1.29, 1.82) is 0 Å². The first-order valence-corrected chi connectivity index (χ1v) is 10.2. The zero-order valence-electron chi connectivity index (χ0n) is 15.5. The third kappa shape index (κ3) is 3.27. The van der Waals surface area contributed by atoms with Gasteiger partial charge in [-0.1, -0.05) is 16.8 Å². The van der Waals surface area contributed by atoms with Crippen molar-refractivity contribution >= 4 is 44.7 Å². The largest absolute Gasteiger partial charge is 0.495 e. The molecule has 7 nitrogen and oxygen atoms in total. The number of amides is 1. The number of nitrogens with zero attached hydrogens (tertiary/aromatic N) is 3. The molecule has 9 heteroatoms. The van der Waals surface area contributed by atoms with Crippen LogP contribution in [0.4, 0.5) is 5.69 Å². The number of methoxy groups -OCH3 is 1. The molecule has 3 aromatic rings.